The van der Waals surface area contributed by atoms with Gasteiger partial charge in [-0.25, -0.2) is 4.98 Å². The maximum absolute atomic E-state index is 6.09. The number of piperidine rings is 1. The molecule has 3 heteroatoms. The van der Waals surface area contributed by atoms with Crippen LogP contribution in [0.25, 0.3) is 0 Å². The van der Waals surface area contributed by atoms with Crippen molar-refractivity contribution in [2.75, 3.05) is 4.90 Å². The molecule has 0 saturated carbocycles. The van der Waals surface area contributed by atoms with Crippen LogP contribution in [0.1, 0.15) is 31.2 Å². The molecule has 86 valence electrons. The predicted molar refractivity (Wildman–Crippen MR) is 65.5 cm³/mol. The molecule has 0 aromatic carbocycles. The smallest absolute Gasteiger partial charge is 0.131 e. The molecule has 3 rings (SSSR count). The number of pyridine rings is 1. The Bertz CT molecular complexity index is 377. The molecule has 2 atom stereocenters. The van der Waals surface area contributed by atoms with E-state index in [0.717, 1.165) is 12.8 Å². The lowest BCUT2D eigenvalue weighted by molar-refractivity contribution is 0.411. The summed E-state index contributed by atoms with van der Waals surface area (Å²) in [6.07, 6.45) is 6.73. The van der Waals surface area contributed by atoms with Gasteiger partial charge in [0.2, 0.25) is 0 Å². The van der Waals surface area contributed by atoms with Crippen molar-refractivity contribution in [1.29, 1.82) is 0 Å². The number of rotatable bonds is 1. The van der Waals surface area contributed by atoms with Gasteiger partial charge in [-0.05, 0) is 44.2 Å². The largest absolute Gasteiger partial charge is 0.350 e. The molecule has 0 radical (unpaired) electrons. The van der Waals surface area contributed by atoms with Gasteiger partial charge in [0, 0.05) is 24.3 Å². The van der Waals surface area contributed by atoms with Crippen LogP contribution < -0.4 is 10.6 Å². The van der Waals surface area contributed by atoms with Crippen LogP contribution in [0.2, 0.25) is 0 Å². The second-order valence-electron chi connectivity index (χ2n) is 5.17. The van der Waals surface area contributed by atoms with Crippen molar-refractivity contribution in [2.45, 2.75) is 50.7 Å². The molecular formula is C13H19N3. The normalized spacial score (nSPS) is 33.1. The molecule has 2 saturated heterocycles. The number of aromatic nitrogens is 1. The number of nitrogens with two attached hydrogens (primary N) is 1. The maximum atomic E-state index is 6.09. The van der Waals surface area contributed by atoms with Crippen molar-refractivity contribution in [3.63, 3.8) is 0 Å². The third kappa shape index (κ3) is 1.50. The lowest BCUT2D eigenvalue weighted by atomic mass is 9.98. The van der Waals surface area contributed by atoms with Gasteiger partial charge in [-0.2, -0.15) is 0 Å². The summed E-state index contributed by atoms with van der Waals surface area (Å²) in [6.45, 7) is 2.15. The second-order valence-corrected chi connectivity index (χ2v) is 5.17. The summed E-state index contributed by atoms with van der Waals surface area (Å²) >= 11 is 0. The first-order chi connectivity index (χ1) is 7.75. The number of hydrogen-bond donors (Lipinski definition) is 1. The molecule has 3 heterocycles. The van der Waals surface area contributed by atoms with E-state index in [1.807, 2.05) is 12.3 Å². The zero-order valence-electron chi connectivity index (χ0n) is 9.76. The van der Waals surface area contributed by atoms with Crippen molar-refractivity contribution in [2.24, 2.45) is 5.73 Å². The topological polar surface area (TPSA) is 42.2 Å². The van der Waals surface area contributed by atoms with Crippen LogP contribution in [-0.2, 0) is 0 Å². The first-order valence-electron chi connectivity index (χ1n) is 6.21. The highest BCUT2D eigenvalue weighted by atomic mass is 15.3. The second kappa shape index (κ2) is 3.74. The molecule has 3 nitrogen and oxygen atoms in total. The lowest BCUT2D eigenvalue weighted by Gasteiger charge is -2.39. The Morgan fingerprint density at radius 1 is 1.31 bits per heavy atom. The Kier molecular flexibility index (Phi) is 2.36. The van der Waals surface area contributed by atoms with E-state index in [1.54, 1.807) is 0 Å². The molecule has 1 aromatic heterocycles. The van der Waals surface area contributed by atoms with E-state index in [9.17, 15) is 0 Å². The van der Waals surface area contributed by atoms with Crippen LogP contribution in [-0.4, -0.2) is 23.1 Å². The molecule has 16 heavy (non-hydrogen) atoms. The Balaban J connectivity index is 1.94. The fourth-order valence-electron chi connectivity index (χ4n) is 3.31. The lowest BCUT2D eigenvalue weighted by Crippen LogP contribution is -2.48. The number of aryl methyl sites for hydroxylation is 1. The van der Waals surface area contributed by atoms with Gasteiger partial charge in [-0.1, -0.05) is 6.07 Å². The minimum absolute atomic E-state index is 0.401. The van der Waals surface area contributed by atoms with Gasteiger partial charge in [0.05, 0.1) is 0 Å². The highest BCUT2D eigenvalue weighted by Crippen LogP contribution is 2.38. The summed E-state index contributed by atoms with van der Waals surface area (Å²) in [5.41, 5.74) is 7.37. The van der Waals surface area contributed by atoms with Crippen molar-refractivity contribution < 1.29 is 0 Å². The predicted octanol–water partition coefficient (Wildman–Crippen LogP) is 1.85. The molecule has 2 aliphatic rings. The molecule has 0 spiro atoms. The third-order valence-corrected chi connectivity index (χ3v) is 4.00. The van der Waals surface area contributed by atoms with Crippen molar-refractivity contribution >= 4 is 5.82 Å². The number of fused-ring (bicyclic) bond motifs is 2. The molecule has 2 N–H and O–H groups in total. The highest BCUT2D eigenvalue weighted by molar-refractivity contribution is 5.50. The first kappa shape index (κ1) is 10.1. The standard InChI is InChI=1S/C13H19N3/c1-9-3-2-6-15-13(9)16-11-4-5-12(16)8-10(14)7-11/h2-3,6,10-12H,4-5,7-8,14H2,1H3. The van der Waals surface area contributed by atoms with Crippen molar-refractivity contribution in [3.8, 4) is 0 Å². The Labute approximate surface area is 96.7 Å². The summed E-state index contributed by atoms with van der Waals surface area (Å²) in [5, 5.41) is 0. The van der Waals surface area contributed by atoms with Crippen LogP contribution in [0, 0.1) is 6.92 Å². The van der Waals surface area contributed by atoms with E-state index in [4.69, 9.17) is 5.73 Å². The van der Waals surface area contributed by atoms with Crippen LogP contribution in [0.15, 0.2) is 18.3 Å². The third-order valence-electron chi connectivity index (χ3n) is 4.00. The van der Waals surface area contributed by atoms with E-state index in [-0.39, 0.29) is 0 Å². The van der Waals surface area contributed by atoms with E-state index < -0.39 is 0 Å². The molecule has 0 amide bonds. The summed E-state index contributed by atoms with van der Waals surface area (Å²) in [7, 11) is 0. The van der Waals surface area contributed by atoms with Gasteiger partial charge in [0.1, 0.15) is 5.82 Å². The number of nitrogens with zero attached hydrogens (tertiary/aromatic N) is 2. The fourth-order valence-corrected chi connectivity index (χ4v) is 3.31. The van der Waals surface area contributed by atoms with E-state index in [0.29, 0.717) is 18.1 Å². The van der Waals surface area contributed by atoms with Crippen LogP contribution in [0.3, 0.4) is 0 Å². The van der Waals surface area contributed by atoms with Gasteiger partial charge in [0.25, 0.3) is 0 Å². The van der Waals surface area contributed by atoms with Crippen LogP contribution in [0.4, 0.5) is 5.82 Å². The first-order valence-corrected chi connectivity index (χ1v) is 6.21. The zero-order valence-corrected chi connectivity index (χ0v) is 9.76. The summed E-state index contributed by atoms with van der Waals surface area (Å²) < 4.78 is 0. The van der Waals surface area contributed by atoms with Crippen LogP contribution in [0.5, 0.6) is 0 Å². The number of hydrogen-bond acceptors (Lipinski definition) is 3. The van der Waals surface area contributed by atoms with Gasteiger partial charge >= 0.3 is 0 Å². The molecule has 1 aromatic rings. The van der Waals surface area contributed by atoms with Gasteiger partial charge < -0.3 is 10.6 Å². The molecule has 0 aliphatic carbocycles. The Morgan fingerprint density at radius 2 is 2.00 bits per heavy atom. The summed E-state index contributed by atoms with van der Waals surface area (Å²) in [6, 6.07) is 5.81. The van der Waals surface area contributed by atoms with Gasteiger partial charge in [-0.15, -0.1) is 0 Å². The van der Waals surface area contributed by atoms with Crippen LogP contribution >= 0.6 is 0 Å². The molecule has 2 aliphatic heterocycles. The summed E-state index contributed by atoms with van der Waals surface area (Å²) in [4.78, 5) is 7.08. The summed E-state index contributed by atoms with van der Waals surface area (Å²) in [5.74, 6) is 1.18. The average molecular weight is 217 g/mol. The van der Waals surface area contributed by atoms with Crippen molar-refractivity contribution in [3.05, 3.63) is 23.9 Å². The average Bonchev–Trinajstić information content (AvgIpc) is 2.53. The fraction of sp³-hybridized carbons (Fsp3) is 0.615. The Morgan fingerprint density at radius 3 is 2.62 bits per heavy atom. The van der Waals surface area contributed by atoms with E-state index in [2.05, 4.69) is 22.9 Å². The van der Waals surface area contributed by atoms with Crippen molar-refractivity contribution in [1.82, 2.24) is 4.98 Å². The number of anilines is 1. The molecular weight excluding hydrogens is 198 g/mol. The Hall–Kier alpha value is -1.09. The quantitative estimate of drug-likeness (QED) is 0.780. The monoisotopic (exact) mass is 217 g/mol. The van der Waals surface area contributed by atoms with Gasteiger partial charge in [0.15, 0.2) is 0 Å². The minimum Gasteiger partial charge on any atom is -0.350 e. The van der Waals surface area contributed by atoms with Gasteiger partial charge in [-0.3, -0.25) is 0 Å². The SMILES string of the molecule is Cc1cccnc1N1C2CCC1CC(N)C2. The minimum atomic E-state index is 0.401. The van der Waals surface area contributed by atoms with E-state index in [1.165, 1.54) is 24.2 Å². The molecule has 2 bridgehead atoms. The molecule has 2 fully saturated rings. The molecule has 2 unspecified atom stereocenters. The zero-order chi connectivity index (χ0) is 11.1. The highest BCUT2D eigenvalue weighted by Gasteiger charge is 2.40. The maximum Gasteiger partial charge on any atom is 0.131 e. The van der Waals surface area contributed by atoms with E-state index >= 15 is 0 Å².